The molecule has 0 bridgehead atoms. The van der Waals surface area contributed by atoms with Crippen LogP contribution in [-0.4, -0.2) is 38.2 Å². The number of hydrogen-bond donors (Lipinski definition) is 0. The van der Waals surface area contributed by atoms with E-state index in [0.29, 0.717) is 11.1 Å². The second-order valence-electron chi connectivity index (χ2n) is 8.23. The zero-order chi connectivity index (χ0) is 21.5. The smallest absolute Gasteiger partial charge is 0.283 e. The van der Waals surface area contributed by atoms with Crippen LogP contribution >= 0.6 is 23.1 Å². The summed E-state index contributed by atoms with van der Waals surface area (Å²) in [6, 6.07) is 1.84. The Morgan fingerprint density at radius 2 is 1.97 bits per heavy atom. The molecule has 0 aromatic carbocycles. The Balaban J connectivity index is 1.47. The molecular formula is C22H25N5O2S2. The maximum Gasteiger partial charge on any atom is 0.283 e. The minimum absolute atomic E-state index is 0.458. The van der Waals surface area contributed by atoms with E-state index >= 15 is 0 Å². The van der Waals surface area contributed by atoms with Gasteiger partial charge in [-0.05, 0) is 76.0 Å². The summed E-state index contributed by atoms with van der Waals surface area (Å²) in [5.41, 5.74) is 2.03. The van der Waals surface area contributed by atoms with Crippen LogP contribution in [0.15, 0.2) is 31.4 Å². The highest BCUT2D eigenvalue weighted by Crippen LogP contribution is 2.38. The van der Waals surface area contributed by atoms with Crippen molar-refractivity contribution < 1.29 is 8.83 Å². The highest BCUT2D eigenvalue weighted by Gasteiger charge is 2.22. The predicted octanol–water partition coefficient (Wildman–Crippen LogP) is 5.64. The topological polar surface area (TPSA) is 81.1 Å². The Morgan fingerprint density at radius 3 is 2.71 bits per heavy atom. The zero-order valence-electron chi connectivity index (χ0n) is 18.1. The third-order valence-corrected chi connectivity index (χ3v) is 7.89. The molecule has 162 valence electrons. The summed E-state index contributed by atoms with van der Waals surface area (Å²) in [7, 11) is 0. The average Bonchev–Trinajstić information content (AvgIpc) is 3.44. The average molecular weight is 456 g/mol. The van der Waals surface area contributed by atoms with Crippen LogP contribution in [-0.2, 0) is 6.54 Å². The predicted molar refractivity (Wildman–Crippen MR) is 121 cm³/mol. The van der Waals surface area contributed by atoms with E-state index < -0.39 is 0 Å². The lowest BCUT2D eigenvalue weighted by Crippen LogP contribution is -2.32. The number of nitrogens with zero attached hydrogens (tertiary/aromatic N) is 5. The minimum Gasteiger partial charge on any atom is -0.469 e. The van der Waals surface area contributed by atoms with Crippen molar-refractivity contribution in [1.29, 1.82) is 0 Å². The number of hydrogen-bond acceptors (Lipinski definition) is 9. The first-order chi connectivity index (χ1) is 15.0. The molecule has 4 aromatic rings. The molecule has 0 atom stereocenters. The van der Waals surface area contributed by atoms with Crippen LogP contribution in [0.1, 0.15) is 41.8 Å². The molecule has 1 saturated heterocycles. The van der Waals surface area contributed by atoms with Crippen LogP contribution < -0.4 is 0 Å². The molecule has 7 nitrogen and oxygen atoms in total. The van der Waals surface area contributed by atoms with E-state index in [1.165, 1.54) is 35.0 Å². The minimum atomic E-state index is 0.458. The van der Waals surface area contributed by atoms with Crippen molar-refractivity contribution in [3.63, 3.8) is 0 Å². The Bertz CT molecular complexity index is 1220. The highest BCUT2D eigenvalue weighted by atomic mass is 32.2. The van der Waals surface area contributed by atoms with Crippen molar-refractivity contribution in [2.24, 2.45) is 5.92 Å². The first kappa shape index (κ1) is 20.7. The summed E-state index contributed by atoms with van der Waals surface area (Å²) in [6.07, 6.45) is 4.10. The maximum absolute atomic E-state index is 5.92. The molecule has 0 spiro atoms. The molecule has 0 unspecified atom stereocenters. The quantitative estimate of drug-likeness (QED) is 0.358. The fraction of sp³-hybridized carbons (Fsp3) is 0.455. The number of piperidine rings is 1. The molecule has 5 rings (SSSR count). The van der Waals surface area contributed by atoms with Gasteiger partial charge < -0.3 is 8.83 Å². The second kappa shape index (κ2) is 8.37. The number of thiophene rings is 1. The number of furan rings is 1. The maximum atomic E-state index is 5.92. The van der Waals surface area contributed by atoms with E-state index in [-0.39, 0.29) is 0 Å². The highest BCUT2D eigenvalue weighted by molar-refractivity contribution is 7.99. The first-order valence-electron chi connectivity index (χ1n) is 10.5. The summed E-state index contributed by atoms with van der Waals surface area (Å²) >= 11 is 3.13. The van der Waals surface area contributed by atoms with Crippen molar-refractivity contribution in [3.8, 4) is 11.5 Å². The number of likely N-dealkylation sites (tertiary alicyclic amines) is 1. The summed E-state index contributed by atoms with van der Waals surface area (Å²) in [4.78, 5) is 14.6. The van der Waals surface area contributed by atoms with Crippen LogP contribution in [0.5, 0.6) is 0 Å². The first-order valence-corrected chi connectivity index (χ1v) is 12.2. The van der Waals surface area contributed by atoms with E-state index in [1.807, 2.05) is 13.0 Å². The van der Waals surface area contributed by atoms with E-state index in [0.717, 1.165) is 57.9 Å². The summed E-state index contributed by atoms with van der Waals surface area (Å²) in [6.45, 7) is 11.4. The number of rotatable bonds is 5. The van der Waals surface area contributed by atoms with Gasteiger partial charge in [0.1, 0.15) is 21.4 Å². The second-order valence-corrected chi connectivity index (χ2v) is 10.4. The monoisotopic (exact) mass is 455 g/mol. The Morgan fingerprint density at radius 1 is 1.16 bits per heavy atom. The van der Waals surface area contributed by atoms with Crippen molar-refractivity contribution in [1.82, 2.24) is 25.1 Å². The standard InChI is InChI=1S/C22H25N5O2S2/c1-12-5-8-27(9-6-12)11-17-23-20-18(13(2)15(4)30-20)21(24-17)31-22-26-25-19(29-22)16-7-10-28-14(16)3/h7,10,12H,5-6,8-9,11H2,1-4H3. The van der Waals surface area contributed by atoms with Crippen molar-refractivity contribution in [2.75, 3.05) is 13.1 Å². The van der Waals surface area contributed by atoms with E-state index in [2.05, 4.69) is 35.9 Å². The SMILES string of the molecule is Cc1occc1-c1nnc(Sc2nc(CN3CCC(C)CC3)nc3sc(C)c(C)c23)o1. The van der Waals surface area contributed by atoms with Crippen LogP contribution in [0.25, 0.3) is 21.7 Å². The van der Waals surface area contributed by atoms with Gasteiger partial charge in [-0.1, -0.05) is 6.92 Å². The Kier molecular flexibility index (Phi) is 5.58. The summed E-state index contributed by atoms with van der Waals surface area (Å²) in [5.74, 6) is 2.88. The molecule has 0 N–H and O–H groups in total. The lowest BCUT2D eigenvalue weighted by atomic mass is 9.99. The molecule has 0 aliphatic carbocycles. The Labute approximate surface area is 189 Å². The number of aryl methyl sites for hydroxylation is 3. The summed E-state index contributed by atoms with van der Waals surface area (Å²) < 4.78 is 11.3. The van der Waals surface area contributed by atoms with E-state index in [4.69, 9.17) is 18.8 Å². The van der Waals surface area contributed by atoms with Gasteiger partial charge in [-0.2, -0.15) is 0 Å². The molecule has 31 heavy (non-hydrogen) atoms. The molecule has 1 aliphatic heterocycles. The molecule has 9 heteroatoms. The third-order valence-electron chi connectivity index (χ3n) is 5.96. The van der Waals surface area contributed by atoms with Crippen LogP contribution in [0.2, 0.25) is 0 Å². The molecule has 4 aromatic heterocycles. The van der Waals surface area contributed by atoms with Gasteiger partial charge in [-0.25, -0.2) is 9.97 Å². The summed E-state index contributed by atoms with van der Waals surface area (Å²) in [5, 5.41) is 10.9. The van der Waals surface area contributed by atoms with Gasteiger partial charge >= 0.3 is 0 Å². The molecule has 1 fully saturated rings. The molecular weight excluding hydrogens is 430 g/mol. The van der Waals surface area contributed by atoms with Crippen LogP contribution in [0.4, 0.5) is 0 Å². The van der Waals surface area contributed by atoms with Crippen molar-refractivity contribution in [2.45, 2.75) is 57.3 Å². The van der Waals surface area contributed by atoms with Crippen molar-refractivity contribution in [3.05, 3.63) is 34.4 Å². The lowest BCUT2D eigenvalue weighted by Gasteiger charge is -2.29. The third kappa shape index (κ3) is 4.14. The van der Waals surface area contributed by atoms with Gasteiger partial charge in [0.25, 0.3) is 11.1 Å². The molecule has 0 radical (unpaired) electrons. The van der Waals surface area contributed by atoms with Crippen molar-refractivity contribution >= 4 is 33.3 Å². The van der Waals surface area contributed by atoms with E-state index in [9.17, 15) is 0 Å². The molecule has 5 heterocycles. The van der Waals surface area contributed by atoms with Gasteiger partial charge in [0.05, 0.1) is 18.4 Å². The van der Waals surface area contributed by atoms with Gasteiger partial charge in [-0.15, -0.1) is 21.5 Å². The van der Waals surface area contributed by atoms with Gasteiger partial charge in [0.2, 0.25) is 0 Å². The Hall–Kier alpha value is -2.23. The zero-order valence-corrected chi connectivity index (χ0v) is 19.8. The normalized spacial score (nSPS) is 15.9. The fourth-order valence-corrected chi connectivity index (χ4v) is 5.85. The lowest BCUT2D eigenvalue weighted by molar-refractivity contribution is 0.181. The molecule has 1 aliphatic rings. The molecule has 0 amide bonds. The van der Waals surface area contributed by atoms with Gasteiger partial charge in [0.15, 0.2) is 0 Å². The van der Waals surface area contributed by atoms with Gasteiger partial charge in [-0.3, -0.25) is 4.90 Å². The number of aromatic nitrogens is 4. The van der Waals surface area contributed by atoms with Crippen LogP contribution in [0.3, 0.4) is 0 Å². The van der Waals surface area contributed by atoms with Gasteiger partial charge in [0, 0.05) is 10.3 Å². The van der Waals surface area contributed by atoms with E-state index in [1.54, 1.807) is 17.6 Å². The largest absolute Gasteiger partial charge is 0.469 e. The molecule has 0 saturated carbocycles. The van der Waals surface area contributed by atoms with Crippen LogP contribution in [0, 0.1) is 26.7 Å². The fourth-order valence-electron chi connectivity index (χ4n) is 3.87. The number of fused-ring (bicyclic) bond motifs is 1.